The molecule has 1 aliphatic heterocycles. The molecule has 0 saturated carbocycles. The van der Waals surface area contributed by atoms with Crippen LogP contribution >= 0.6 is 31.9 Å². The summed E-state index contributed by atoms with van der Waals surface area (Å²) in [6, 6.07) is 0. The fourth-order valence-electron chi connectivity index (χ4n) is 1.01. The number of rotatable bonds is 0. The van der Waals surface area contributed by atoms with Gasteiger partial charge in [0.15, 0.2) is 9.34 Å². The lowest BCUT2D eigenvalue weighted by molar-refractivity contribution is 0.0876. The summed E-state index contributed by atoms with van der Waals surface area (Å²) >= 11 is 6.05. The monoisotopic (exact) mass is 293 g/mol. The second kappa shape index (κ2) is 2.43. The first-order valence-electron chi connectivity index (χ1n) is 2.94. The predicted octanol–water partition coefficient (Wildman–Crippen LogP) is 1.69. The van der Waals surface area contributed by atoms with Gasteiger partial charge in [0.1, 0.15) is 11.1 Å². The van der Waals surface area contributed by atoms with Crippen molar-refractivity contribution < 1.29 is 14.0 Å². The van der Waals surface area contributed by atoms with Crippen LogP contribution in [0.2, 0.25) is 0 Å². The number of furan rings is 1. The van der Waals surface area contributed by atoms with Gasteiger partial charge in [-0.1, -0.05) is 0 Å². The van der Waals surface area contributed by atoms with Crippen LogP contribution in [0.25, 0.3) is 0 Å². The molecule has 12 heavy (non-hydrogen) atoms. The molecule has 4 nitrogen and oxygen atoms in total. The molecule has 0 aromatic carbocycles. The molecule has 0 fully saturated rings. The number of hydrogen-bond donors (Lipinski definition) is 1. The Labute approximate surface area is 83.6 Å². The average molecular weight is 295 g/mol. The Balaban J connectivity index is 2.78. The molecule has 0 unspecified atom stereocenters. The Bertz CT molecular complexity index is 361. The van der Waals surface area contributed by atoms with Crippen LogP contribution in [0.1, 0.15) is 20.7 Å². The lowest BCUT2D eigenvalue weighted by atomic mass is 10.2. The van der Waals surface area contributed by atoms with E-state index in [2.05, 4.69) is 37.2 Å². The van der Waals surface area contributed by atoms with Gasteiger partial charge in [0.2, 0.25) is 0 Å². The van der Waals surface area contributed by atoms with Crippen LogP contribution in [-0.4, -0.2) is 11.8 Å². The fourth-order valence-corrected chi connectivity index (χ4v) is 2.31. The summed E-state index contributed by atoms with van der Waals surface area (Å²) in [5.74, 6) is -0.868. The summed E-state index contributed by atoms with van der Waals surface area (Å²) in [6.45, 7) is 0. The smallest absolute Gasteiger partial charge is 0.263 e. The van der Waals surface area contributed by atoms with Crippen molar-refractivity contribution in [3.63, 3.8) is 0 Å². The molecule has 0 atom stereocenters. The highest BCUT2D eigenvalue weighted by molar-refractivity contribution is 9.11. The summed E-state index contributed by atoms with van der Waals surface area (Å²) in [4.78, 5) is 22.1. The normalized spacial score (nSPS) is 14.8. The molecule has 2 rings (SSSR count). The van der Waals surface area contributed by atoms with Crippen LogP contribution in [0.4, 0.5) is 0 Å². The molecule has 0 aliphatic carbocycles. The highest BCUT2D eigenvalue weighted by atomic mass is 79.9. The van der Waals surface area contributed by atoms with Gasteiger partial charge in [0, 0.05) is 0 Å². The minimum absolute atomic E-state index is 0.256. The van der Waals surface area contributed by atoms with Crippen LogP contribution in [-0.2, 0) is 0 Å². The van der Waals surface area contributed by atoms with Gasteiger partial charge in [0.25, 0.3) is 11.8 Å². The maximum atomic E-state index is 11.1. The van der Waals surface area contributed by atoms with Crippen molar-refractivity contribution in [2.75, 3.05) is 0 Å². The third kappa shape index (κ3) is 0.879. The molecular weight excluding hydrogens is 294 g/mol. The number of hydrogen-bond acceptors (Lipinski definition) is 3. The molecule has 1 aromatic rings. The lowest BCUT2D eigenvalue weighted by Crippen LogP contribution is -2.20. The van der Waals surface area contributed by atoms with Crippen LogP contribution in [0.5, 0.6) is 0 Å². The van der Waals surface area contributed by atoms with E-state index in [1.54, 1.807) is 0 Å². The van der Waals surface area contributed by atoms with E-state index in [-0.39, 0.29) is 20.5 Å². The van der Waals surface area contributed by atoms with Gasteiger partial charge < -0.3 is 4.42 Å². The van der Waals surface area contributed by atoms with Crippen LogP contribution in [0.3, 0.4) is 0 Å². The lowest BCUT2D eigenvalue weighted by Gasteiger charge is -1.88. The molecule has 0 bridgehead atoms. The Morgan fingerprint density at radius 2 is 1.42 bits per heavy atom. The number of fused-ring (bicyclic) bond motifs is 1. The number of amides is 2. The highest BCUT2D eigenvalue weighted by Gasteiger charge is 2.35. The molecule has 0 saturated heterocycles. The number of imide groups is 1. The Hall–Kier alpha value is -0.620. The zero-order valence-corrected chi connectivity index (χ0v) is 8.65. The van der Waals surface area contributed by atoms with E-state index in [1.807, 2.05) is 0 Å². The molecule has 0 spiro atoms. The molecule has 2 heterocycles. The first-order chi connectivity index (χ1) is 5.61. The maximum absolute atomic E-state index is 11.1. The molecule has 1 aliphatic rings. The summed E-state index contributed by atoms with van der Waals surface area (Å²) in [5, 5.41) is 2.15. The Morgan fingerprint density at radius 1 is 1.00 bits per heavy atom. The summed E-state index contributed by atoms with van der Waals surface area (Å²) in [7, 11) is 0. The maximum Gasteiger partial charge on any atom is 0.263 e. The van der Waals surface area contributed by atoms with Crippen molar-refractivity contribution in [3.05, 3.63) is 20.5 Å². The predicted molar refractivity (Wildman–Crippen MR) is 45.9 cm³/mol. The van der Waals surface area contributed by atoms with Gasteiger partial charge in [-0.2, -0.15) is 0 Å². The quantitative estimate of drug-likeness (QED) is 0.741. The van der Waals surface area contributed by atoms with Crippen LogP contribution in [0, 0.1) is 0 Å². The molecule has 2 amide bonds. The van der Waals surface area contributed by atoms with Gasteiger partial charge in [-0.25, -0.2) is 0 Å². The van der Waals surface area contributed by atoms with Crippen LogP contribution in [0.15, 0.2) is 13.8 Å². The largest absolute Gasteiger partial charge is 0.441 e. The van der Waals surface area contributed by atoms with Crippen LogP contribution < -0.4 is 5.32 Å². The van der Waals surface area contributed by atoms with E-state index < -0.39 is 11.8 Å². The van der Waals surface area contributed by atoms with Gasteiger partial charge in [0.05, 0.1) is 0 Å². The molecule has 62 valence electrons. The van der Waals surface area contributed by atoms with E-state index in [9.17, 15) is 9.59 Å². The second-order valence-electron chi connectivity index (χ2n) is 2.18. The third-order valence-corrected chi connectivity index (χ3v) is 2.62. The summed E-state index contributed by atoms with van der Waals surface area (Å²) < 4.78 is 5.52. The SMILES string of the molecule is O=C1NC(=O)c2c(Br)oc(Br)c21. The number of nitrogens with one attached hydrogen (secondary N) is 1. The van der Waals surface area contributed by atoms with Gasteiger partial charge in [-0.05, 0) is 31.9 Å². The molecule has 1 aromatic heterocycles. The van der Waals surface area contributed by atoms with E-state index >= 15 is 0 Å². The minimum Gasteiger partial charge on any atom is -0.441 e. The standard InChI is InChI=1S/C6HBr2NO3/c7-3-1-2(4(8)12-3)6(11)9-5(1)10/h(H,9,10,11). The van der Waals surface area contributed by atoms with Gasteiger partial charge >= 0.3 is 0 Å². The molecule has 6 heteroatoms. The number of carbonyl (C=O) groups is 2. The molecule has 1 N–H and O–H groups in total. The highest BCUT2D eigenvalue weighted by Crippen LogP contribution is 2.33. The third-order valence-electron chi connectivity index (χ3n) is 1.50. The van der Waals surface area contributed by atoms with Gasteiger partial charge in [-0.3, -0.25) is 14.9 Å². The van der Waals surface area contributed by atoms with Crippen molar-refractivity contribution in [1.29, 1.82) is 0 Å². The Morgan fingerprint density at radius 3 is 1.83 bits per heavy atom. The van der Waals surface area contributed by atoms with E-state index in [0.717, 1.165) is 0 Å². The van der Waals surface area contributed by atoms with Crippen molar-refractivity contribution in [2.45, 2.75) is 0 Å². The van der Waals surface area contributed by atoms with E-state index in [4.69, 9.17) is 4.42 Å². The van der Waals surface area contributed by atoms with Crippen molar-refractivity contribution >= 4 is 43.7 Å². The zero-order valence-electron chi connectivity index (χ0n) is 5.48. The first kappa shape index (κ1) is 8.00. The second-order valence-corrected chi connectivity index (χ2v) is 3.62. The molecule has 0 radical (unpaired) electrons. The molecular formula is C6HBr2NO3. The average Bonchev–Trinajstić information content (AvgIpc) is 2.38. The number of carbonyl (C=O) groups excluding carboxylic acids is 2. The summed E-state index contributed by atoms with van der Waals surface area (Å²) in [5.41, 5.74) is 0.513. The first-order valence-corrected chi connectivity index (χ1v) is 4.53. The fraction of sp³-hybridized carbons (Fsp3) is 0. The minimum atomic E-state index is -0.434. The topological polar surface area (TPSA) is 59.3 Å². The summed E-state index contributed by atoms with van der Waals surface area (Å²) in [6.07, 6.45) is 0. The van der Waals surface area contributed by atoms with Crippen molar-refractivity contribution in [1.82, 2.24) is 5.32 Å². The van der Waals surface area contributed by atoms with E-state index in [0.29, 0.717) is 0 Å². The number of halogens is 2. The Kier molecular flexibility index (Phi) is 1.62. The van der Waals surface area contributed by atoms with E-state index in [1.165, 1.54) is 0 Å². The zero-order chi connectivity index (χ0) is 8.88. The van der Waals surface area contributed by atoms with Gasteiger partial charge in [-0.15, -0.1) is 0 Å². The van der Waals surface area contributed by atoms with Crippen molar-refractivity contribution in [2.24, 2.45) is 0 Å². The van der Waals surface area contributed by atoms with Crippen molar-refractivity contribution in [3.8, 4) is 0 Å².